The van der Waals surface area contributed by atoms with Crippen molar-refractivity contribution in [3.05, 3.63) is 192 Å². The molecule has 65 heavy (non-hydrogen) atoms. The average molecular weight is 910 g/mol. The first-order valence-corrected chi connectivity index (χ1v) is 37.7. The van der Waals surface area contributed by atoms with Gasteiger partial charge >= 0.3 is 0 Å². The first kappa shape index (κ1) is 43.5. The molecule has 0 fully saturated rings. The van der Waals surface area contributed by atoms with Crippen molar-refractivity contribution in [1.29, 1.82) is 0 Å². The lowest BCUT2D eigenvalue weighted by Crippen LogP contribution is -2.37. The van der Waals surface area contributed by atoms with Crippen molar-refractivity contribution in [3.8, 4) is 66.8 Å². The zero-order valence-electron chi connectivity index (χ0n) is 40.7. The van der Waals surface area contributed by atoms with Gasteiger partial charge in [-0.25, -0.2) is 0 Å². The first-order chi connectivity index (χ1) is 30.7. The van der Waals surface area contributed by atoms with Crippen LogP contribution in [0.1, 0.15) is 22.3 Å². The summed E-state index contributed by atoms with van der Waals surface area (Å²) in [5.74, 6) is 0. The van der Waals surface area contributed by atoms with Crippen LogP contribution in [0, 0.1) is 0 Å². The lowest BCUT2D eigenvalue weighted by atomic mass is 9.69. The third kappa shape index (κ3) is 7.47. The molecule has 1 spiro atoms. The minimum Gasteiger partial charge on any atom is -0.0656 e. The Morgan fingerprint density at radius 1 is 0.215 bits per heavy atom. The molecular formula is C61H64Si4. The number of fused-ring (bicyclic) bond motifs is 10. The second kappa shape index (κ2) is 15.3. The van der Waals surface area contributed by atoms with E-state index in [4.69, 9.17) is 0 Å². The SMILES string of the molecule is C[Si](C)(C)c1ccc(-c2ccc3c(c2)C2(c4cc(-c5ccc([Si](C)(C)C)cc5)ccc4-3)c3cc(-c4ccc([Si](C)(C)C)cc4)ccc3-c3ccc(-c4ccc([Si](C)(C)C)cc4)cc32)cc1. The molecule has 0 aliphatic heterocycles. The molecule has 0 atom stereocenters. The average Bonchev–Trinajstić information content (AvgIpc) is 3.73. The van der Waals surface area contributed by atoms with Crippen LogP contribution < -0.4 is 20.7 Å². The highest BCUT2D eigenvalue weighted by atomic mass is 28.3. The van der Waals surface area contributed by atoms with E-state index in [0.29, 0.717) is 0 Å². The first-order valence-electron chi connectivity index (χ1n) is 23.7. The van der Waals surface area contributed by atoms with Gasteiger partial charge in [0.25, 0.3) is 0 Å². The van der Waals surface area contributed by atoms with Crippen molar-refractivity contribution >= 4 is 53.0 Å². The Labute approximate surface area is 393 Å². The molecule has 2 aliphatic carbocycles. The molecule has 8 aromatic carbocycles. The van der Waals surface area contributed by atoms with Crippen molar-refractivity contribution in [1.82, 2.24) is 0 Å². The summed E-state index contributed by atoms with van der Waals surface area (Å²) in [6, 6.07) is 67.5. The van der Waals surface area contributed by atoms with E-state index in [2.05, 4.69) is 248 Å². The molecule has 0 saturated carbocycles. The summed E-state index contributed by atoms with van der Waals surface area (Å²) in [6.07, 6.45) is 0. The van der Waals surface area contributed by atoms with Crippen LogP contribution in [0.3, 0.4) is 0 Å². The highest BCUT2D eigenvalue weighted by Gasteiger charge is 2.52. The van der Waals surface area contributed by atoms with Crippen LogP contribution in [-0.4, -0.2) is 32.3 Å². The Kier molecular flexibility index (Phi) is 10.3. The van der Waals surface area contributed by atoms with Gasteiger partial charge < -0.3 is 0 Å². The van der Waals surface area contributed by atoms with Gasteiger partial charge in [-0.15, -0.1) is 0 Å². The molecule has 0 nitrogen and oxygen atoms in total. The smallest absolute Gasteiger partial charge is 0.0656 e. The van der Waals surface area contributed by atoms with Gasteiger partial charge in [-0.2, -0.15) is 0 Å². The molecule has 8 aromatic rings. The molecule has 0 amide bonds. The zero-order chi connectivity index (χ0) is 45.8. The van der Waals surface area contributed by atoms with E-state index < -0.39 is 37.7 Å². The van der Waals surface area contributed by atoms with Crippen LogP contribution in [0.25, 0.3) is 66.8 Å². The predicted molar refractivity (Wildman–Crippen MR) is 296 cm³/mol. The predicted octanol–water partition coefficient (Wildman–Crippen LogP) is 14.9. The molecule has 0 heterocycles. The molecule has 0 unspecified atom stereocenters. The maximum Gasteiger partial charge on any atom is 0.0775 e. The highest BCUT2D eigenvalue weighted by Crippen LogP contribution is 2.64. The summed E-state index contributed by atoms with van der Waals surface area (Å²) in [6.45, 7) is 29.2. The fraction of sp³-hybridized carbons (Fsp3) is 0.213. The van der Waals surface area contributed by atoms with E-state index in [-0.39, 0.29) is 0 Å². The molecule has 0 N–H and O–H groups in total. The van der Waals surface area contributed by atoms with Crippen molar-refractivity contribution in [2.45, 2.75) is 84.0 Å². The van der Waals surface area contributed by atoms with Gasteiger partial charge in [0, 0.05) is 0 Å². The normalized spacial score (nSPS) is 14.0. The number of hydrogen-bond donors (Lipinski definition) is 0. The van der Waals surface area contributed by atoms with Gasteiger partial charge in [0.15, 0.2) is 0 Å². The molecule has 2 aliphatic rings. The summed E-state index contributed by atoms with van der Waals surface area (Å²) in [5.41, 5.74) is 20.5. The number of hydrogen-bond acceptors (Lipinski definition) is 0. The van der Waals surface area contributed by atoms with Crippen LogP contribution in [0.2, 0.25) is 78.6 Å². The third-order valence-electron chi connectivity index (χ3n) is 14.6. The Morgan fingerprint density at radius 2 is 0.385 bits per heavy atom. The maximum atomic E-state index is 2.56. The molecule has 0 aromatic heterocycles. The Balaban J connectivity index is 1.26. The van der Waals surface area contributed by atoms with Crippen molar-refractivity contribution in [3.63, 3.8) is 0 Å². The van der Waals surface area contributed by atoms with Gasteiger partial charge in [0.05, 0.1) is 37.7 Å². The van der Waals surface area contributed by atoms with E-state index in [1.807, 2.05) is 0 Å². The lowest BCUT2D eigenvalue weighted by molar-refractivity contribution is 0.795. The molecule has 0 radical (unpaired) electrons. The van der Waals surface area contributed by atoms with Crippen molar-refractivity contribution in [2.24, 2.45) is 0 Å². The van der Waals surface area contributed by atoms with Crippen LogP contribution in [0.5, 0.6) is 0 Å². The van der Waals surface area contributed by atoms with Gasteiger partial charge in [-0.3, -0.25) is 0 Å². The molecule has 4 heteroatoms. The quantitative estimate of drug-likeness (QED) is 0.133. The van der Waals surface area contributed by atoms with E-state index in [0.717, 1.165) is 0 Å². The minimum atomic E-state index is -1.46. The lowest BCUT2D eigenvalue weighted by Gasteiger charge is -2.32. The summed E-state index contributed by atoms with van der Waals surface area (Å²) in [7, 11) is -5.82. The Morgan fingerprint density at radius 3 is 0.554 bits per heavy atom. The maximum absolute atomic E-state index is 2.56. The van der Waals surface area contributed by atoms with Gasteiger partial charge in [0.2, 0.25) is 0 Å². The monoisotopic (exact) mass is 908 g/mol. The van der Waals surface area contributed by atoms with Crippen LogP contribution in [-0.2, 0) is 5.41 Å². The summed E-state index contributed by atoms with van der Waals surface area (Å²) in [5, 5.41) is 5.97. The summed E-state index contributed by atoms with van der Waals surface area (Å²) >= 11 is 0. The molecule has 10 rings (SSSR count). The fourth-order valence-corrected chi connectivity index (χ4v) is 15.3. The molecule has 0 saturated heterocycles. The fourth-order valence-electron chi connectivity index (χ4n) is 10.6. The highest BCUT2D eigenvalue weighted by molar-refractivity contribution is 6.90. The van der Waals surface area contributed by atoms with Gasteiger partial charge in [-0.1, -0.05) is 245 Å². The molecular weight excluding hydrogens is 845 g/mol. The van der Waals surface area contributed by atoms with E-state index in [9.17, 15) is 0 Å². The van der Waals surface area contributed by atoms with Crippen LogP contribution in [0.4, 0.5) is 0 Å². The van der Waals surface area contributed by atoms with E-state index in [1.54, 1.807) is 0 Å². The van der Waals surface area contributed by atoms with Crippen LogP contribution in [0.15, 0.2) is 170 Å². The Hall–Kier alpha value is -5.37. The van der Waals surface area contributed by atoms with E-state index in [1.165, 1.54) is 110 Å². The molecule has 324 valence electrons. The topological polar surface area (TPSA) is 0 Å². The second-order valence-electron chi connectivity index (χ2n) is 23.1. The number of benzene rings is 8. The summed E-state index contributed by atoms with van der Waals surface area (Å²) in [4.78, 5) is 0. The van der Waals surface area contributed by atoms with Gasteiger partial charge in [-0.05, 0) is 113 Å². The van der Waals surface area contributed by atoms with Crippen LogP contribution >= 0.6 is 0 Å². The number of rotatable bonds is 8. The second-order valence-corrected chi connectivity index (χ2v) is 43.4. The van der Waals surface area contributed by atoms with Gasteiger partial charge in [0.1, 0.15) is 0 Å². The summed E-state index contributed by atoms with van der Waals surface area (Å²) < 4.78 is 0. The minimum absolute atomic E-state index is 0.541. The zero-order valence-corrected chi connectivity index (χ0v) is 44.7. The van der Waals surface area contributed by atoms with E-state index >= 15 is 0 Å². The van der Waals surface area contributed by atoms with Crippen molar-refractivity contribution < 1.29 is 0 Å². The molecule has 0 bridgehead atoms. The largest absolute Gasteiger partial charge is 0.0775 e. The Bertz CT molecular complexity index is 2690. The third-order valence-corrected chi connectivity index (χ3v) is 22.9. The standard InChI is InChI=1S/C61H64Si4/c1-62(2,3)49-25-13-41(14-26-49)45-21-33-53-54-34-22-46(42-15-27-50(28-16-42)63(4,5)6)38-58(54)61(57(53)37-45)59-39-47(43-17-29-51(30-18-43)64(7,8)9)23-35-55(59)56-36-24-48(40-60(56)61)44-19-31-52(32-20-44)65(10,11)12/h13-40H,1-12H3. The van der Waals surface area contributed by atoms with Crippen molar-refractivity contribution in [2.75, 3.05) is 0 Å².